The van der Waals surface area contributed by atoms with Gasteiger partial charge in [-0.25, -0.2) is 0 Å². The van der Waals surface area contributed by atoms with Crippen molar-refractivity contribution in [2.75, 3.05) is 40.4 Å². The molecule has 152 valence electrons. The molecule has 1 saturated heterocycles. The monoisotopic (exact) mass is 489 g/mol. The number of methoxy groups -OCH3 is 1. The van der Waals surface area contributed by atoms with E-state index in [0.717, 1.165) is 51.5 Å². The average molecular weight is 489 g/mol. The number of ether oxygens (including phenoxy) is 2. The van der Waals surface area contributed by atoms with Crippen molar-refractivity contribution in [1.29, 1.82) is 0 Å². The SMILES string of the molecule is CN=C(NCCCCC(=O)OC)N1CCC(COCc2ccccc2)C1.I. The molecule has 1 aliphatic rings. The van der Waals surface area contributed by atoms with Gasteiger partial charge in [0.05, 0.1) is 20.3 Å². The van der Waals surface area contributed by atoms with E-state index >= 15 is 0 Å². The summed E-state index contributed by atoms with van der Waals surface area (Å²) in [5.74, 6) is 1.33. The van der Waals surface area contributed by atoms with E-state index in [-0.39, 0.29) is 29.9 Å². The van der Waals surface area contributed by atoms with Crippen molar-refractivity contribution in [3.63, 3.8) is 0 Å². The van der Waals surface area contributed by atoms with Crippen LogP contribution in [-0.4, -0.2) is 57.2 Å². The molecule has 7 heteroatoms. The van der Waals surface area contributed by atoms with Gasteiger partial charge in [-0.3, -0.25) is 9.79 Å². The topological polar surface area (TPSA) is 63.2 Å². The van der Waals surface area contributed by atoms with Crippen LogP contribution < -0.4 is 5.32 Å². The van der Waals surface area contributed by atoms with E-state index in [1.54, 1.807) is 0 Å². The fourth-order valence-electron chi connectivity index (χ4n) is 3.11. The van der Waals surface area contributed by atoms with Gasteiger partial charge in [-0.2, -0.15) is 0 Å². The summed E-state index contributed by atoms with van der Waals surface area (Å²) in [7, 11) is 3.24. The third-order valence-corrected chi connectivity index (χ3v) is 4.58. The molecule has 2 rings (SSSR count). The van der Waals surface area contributed by atoms with Crippen LogP contribution in [0.25, 0.3) is 0 Å². The Bertz CT molecular complexity index is 569. The maximum absolute atomic E-state index is 11.1. The molecule has 0 bridgehead atoms. The van der Waals surface area contributed by atoms with E-state index in [9.17, 15) is 4.79 Å². The molecular weight excluding hydrogens is 457 g/mol. The van der Waals surface area contributed by atoms with Crippen molar-refractivity contribution < 1.29 is 14.3 Å². The predicted molar refractivity (Wildman–Crippen MR) is 118 cm³/mol. The van der Waals surface area contributed by atoms with Crippen LogP contribution in [0, 0.1) is 5.92 Å². The number of carbonyl (C=O) groups is 1. The number of rotatable bonds is 9. The Morgan fingerprint density at radius 3 is 2.78 bits per heavy atom. The van der Waals surface area contributed by atoms with E-state index in [2.05, 4.69) is 32.1 Å². The summed E-state index contributed by atoms with van der Waals surface area (Å²) >= 11 is 0. The Kier molecular flexibility index (Phi) is 12.1. The predicted octanol–water partition coefficient (Wildman–Crippen LogP) is 3.06. The third kappa shape index (κ3) is 8.92. The molecule has 0 amide bonds. The molecule has 0 saturated carbocycles. The highest BCUT2D eigenvalue weighted by molar-refractivity contribution is 14.0. The van der Waals surface area contributed by atoms with E-state index in [1.807, 2.05) is 25.2 Å². The first kappa shape index (κ1) is 23.7. The molecule has 6 nitrogen and oxygen atoms in total. The molecule has 1 unspecified atom stereocenters. The molecule has 1 atom stereocenters. The maximum Gasteiger partial charge on any atom is 0.305 e. The normalized spacial score (nSPS) is 16.7. The molecular formula is C20H32IN3O3. The van der Waals surface area contributed by atoms with Gasteiger partial charge in [-0.05, 0) is 24.8 Å². The van der Waals surface area contributed by atoms with Crippen LogP contribution >= 0.6 is 24.0 Å². The van der Waals surface area contributed by atoms with Gasteiger partial charge in [-0.1, -0.05) is 30.3 Å². The van der Waals surface area contributed by atoms with Gasteiger partial charge in [-0.15, -0.1) is 24.0 Å². The van der Waals surface area contributed by atoms with Crippen molar-refractivity contribution in [2.24, 2.45) is 10.9 Å². The molecule has 1 fully saturated rings. The van der Waals surface area contributed by atoms with Crippen LogP contribution in [0.1, 0.15) is 31.2 Å². The van der Waals surface area contributed by atoms with Gasteiger partial charge in [0.2, 0.25) is 0 Å². The first-order chi connectivity index (χ1) is 12.7. The van der Waals surface area contributed by atoms with E-state index < -0.39 is 0 Å². The number of hydrogen-bond acceptors (Lipinski definition) is 4. The van der Waals surface area contributed by atoms with Gasteiger partial charge in [0.1, 0.15) is 0 Å². The zero-order valence-corrected chi connectivity index (χ0v) is 18.7. The number of nitrogens with one attached hydrogen (secondary N) is 1. The lowest BCUT2D eigenvalue weighted by atomic mass is 10.1. The molecule has 0 aliphatic carbocycles. The highest BCUT2D eigenvalue weighted by atomic mass is 127. The summed E-state index contributed by atoms with van der Waals surface area (Å²) in [6.07, 6.45) is 3.34. The molecule has 0 aromatic heterocycles. The van der Waals surface area contributed by atoms with Gasteiger partial charge < -0.3 is 19.7 Å². The Balaban J connectivity index is 0.00000364. The molecule has 1 N–H and O–H groups in total. The summed E-state index contributed by atoms with van der Waals surface area (Å²) < 4.78 is 10.5. The number of hydrogen-bond donors (Lipinski definition) is 1. The number of guanidine groups is 1. The summed E-state index contributed by atoms with van der Waals surface area (Å²) in [5.41, 5.74) is 1.21. The van der Waals surface area contributed by atoms with Crippen LogP contribution in [0.3, 0.4) is 0 Å². The molecule has 0 spiro atoms. The smallest absolute Gasteiger partial charge is 0.305 e. The lowest BCUT2D eigenvalue weighted by Crippen LogP contribution is -2.40. The fourth-order valence-corrected chi connectivity index (χ4v) is 3.11. The molecule has 1 aliphatic heterocycles. The maximum atomic E-state index is 11.1. The fraction of sp³-hybridized carbons (Fsp3) is 0.600. The first-order valence-electron chi connectivity index (χ1n) is 9.37. The Hall–Kier alpha value is -1.35. The summed E-state index contributed by atoms with van der Waals surface area (Å²) in [5, 5.41) is 3.39. The average Bonchev–Trinajstić information content (AvgIpc) is 3.14. The lowest BCUT2D eigenvalue weighted by Gasteiger charge is -2.21. The van der Waals surface area contributed by atoms with E-state index in [1.165, 1.54) is 12.7 Å². The number of likely N-dealkylation sites (tertiary alicyclic amines) is 1. The summed E-state index contributed by atoms with van der Waals surface area (Å²) in [6, 6.07) is 10.3. The minimum absolute atomic E-state index is 0. The van der Waals surface area contributed by atoms with Crippen LogP contribution in [0.15, 0.2) is 35.3 Å². The number of unbranched alkanes of at least 4 members (excludes halogenated alkanes) is 1. The lowest BCUT2D eigenvalue weighted by molar-refractivity contribution is -0.140. The number of halogens is 1. The molecule has 1 aromatic rings. The van der Waals surface area contributed by atoms with Crippen molar-refractivity contribution in [3.05, 3.63) is 35.9 Å². The van der Waals surface area contributed by atoms with Gasteiger partial charge in [0.15, 0.2) is 5.96 Å². The van der Waals surface area contributed by atoms with E-state index in [4.69, 9.17) is 4.74 Å². The first-order valence-corrected chi connectivity index (χ1v) is 9.37. The highest BCUT2D eigenvalue weighted by Gasteiger charge is 2.24. The zero-order valence-electron chi connectivity index (χ0n) is 16.4. The number of esters is 1. The number of benzene rings is 1. The number of carbonyl (C=O) groups excluding carboxylic acids is 1. The zero-order chi connectivity index (χ0) is 18.6. The Labute approximate surface area is 179 Å². The van der Waals surface area contributed by atoms with Crippen molar-refractivity contribution in [3.8, 4) is 0 Å². The number of nitrogens with zero attached hydrogens (tertiary/aromatic N) is 2. The van der Waals surface area contributed by atoms with Crippen LogP contribution in [0.4, 0.5) is 0 Å². The van der Waals surface area contributed by atoms with Crippen LogP contribution in [0.2, 0.25) is 0 Å². The van der Waals surface area contributed by atoms with Crippen LogP contribution in [-0.2, 0) is 20.9 Å². The number of aliphatic imine (C=N–C) groups is 1. The minimum atomic E-state index is -0.146. The Morgan fingerprint density at radius 1 is 1.30 bits per heavy atom. The molecule has 27 heavy (non-hydrogen) atoms. The van der Waals surface area contributed by atoms with Crippen LogP contribution in [0.5, 0.6) is 0 Å². The van der Waals surface area contributed by atoms with E-state index in [0.29, 0.717) is 18.9 Å². The van der Waals surface area contributed by atoms with Gasteiger partial charge in [0.25, 0.3) is 0 Å². The molecule has 1 aromatic carbocycles. The Morgan fingerprint density at radius 2 is 2.07 bits per heavy atom. The second kappa shape index (κ2) is 13.8. The van der Waals surface area contributed by atoms with Crippen molar-refractivity contribution >= 4 is 35.9 Å². The second-order valence-electron chi connectivity index (χ2n) is 6.61. The standard InChI is InChI=1S/C20H31N3O3.HI/c1-21-20(22-12-7-6-10-19(24)25-2)23-13-11-18(14-23)16-26-15-17-8-4-3-5-9-17;/h3-5,8-9,18H,6-7,10-16H2,1-2H3,(H,21,22);1H. The highest BCUT2D eigenvalue weighted by Crippen LogP contribution is 2.17. The van der Waals surface area contributed by atoms with Crippen molar-refractivity contribution in [2.45, 2.75) is 32.3 Å². The minimum Gasteiger partial charge on any atom is -0.469 e. The third-order valence-electron chi connectivity index (χ3n) is 4.58. The van der Waals surface area contributed by atoms with Gasteiger partial charge >= 0.3 is 5.97 Å². The van der Waals surface area contributed by atoms with Crippen molar-refractivity contribution in [1.82, 2.24) is 10.2 Å². The quantitative estimate of drug-likeness (QED) is 0.190. The second-order valence-corrected chi connectivity index (χ2v) is 6.61. The van der Waals surface area contributed by atoms with Gasteiger partial charge in [0, 0.05) is 39.0 Å². The summed E-state index contributed by atoms with van der Waals surface area (Å²) in [4.78, 5) is 17.8. The molecule has 0 radical (unpaired) electrons. The largest absolute Gasteiger partial charge is 0.469 e. The molecule has 1 heterocycles. The summed E-state index contributed by atoms with van der Waals surface area (Å²) in [6.45, 7) is 4.24.